The number of carboxylic acid groups (broad SMARTS) is 6. The Kier molecular flexibility index (Phi) is 108. The maximum absolute atomic E-state index is 12.0. The van der Waals surface area contributed by atoms with Crippen molar-refractivity contribution < 1.29 is 322 Å². The van der Waals surface area contributed by atoms with E-state index in [4.69, 9.17) is 11.5 Å². The summed E-state index contributed by atoms with van der Waals surface area (Å²) < 4.78 is 0. The van der Waals surface area contributed by atoms with Crippen LogP contribution in [0.1, 0.15) is 105 Å². The minimum absolute atomic E-state index is 0. The van der Waals surface area contributed by atoms with Crippen molar-refractivity contribution in [2.75, 3.05) is 78.5 Å². The van der Waals surface area contributed by atoms with E-state index in [1.54, 1.807) is 0 Å². The van der Waals surface area contributed by atoms with Crippen LogP contribution in [-0.4, -0.2) is 238 Å². The third-order valence-corrected chi connectivity index (χ3v) is 11.8. The zero-order chi connectivity index (χ0) is 65.3. The van der Waals surface area contributed by atoms with Gasteiger partial charge in [0.15, 0.2) is 0 Å². The Morgan fingerprint density at radius 1 is 0.315 bits per heavy atom. The fourth-order valence-corrected chi connectivity index (χ4v) is 7.37. The van der Waals surface area contributed by atoms with E-state index < -0.39 is 104 Å². The fraction of sp³-hybridized carbons (Fsp3) is 0.200. The van der Waals surface area contributed by atoms with Crippen molar-refractivity contribution in [3.05, 3.63) is 176 Å². The Hall–Kier alpha value is -7.14. The Morgan fingerprint density at radius 3 is 0.602 bits per heavy atom. The van der Waals surface area contributed by atoms with Crippen LogP contribution in [0.15, 0.2) is 129 Å². The van der Waals surface area contributed by atoms with Gasteiger partial charge in [-0.2, -0.15) is 0 Å². The van der Waals surface area contributed by atoms with Gasteiger partial charge in [-0.25, -0.2) is 0 Å². The third-order valence-electron chi connectivity index (χ3n) is 11.8. The first-order chi connectivity index (χ1) is 42.0. The van der Waals surface area contributed by atoms with E-state index in [1.807, 2.05) is 9.80 Å². The second-order valence-corrected chi connectivity index (χ2v) is 17.7. The number of nitrogens with two attached hydrogens (primary N) is 2. The molecule has 0 fully saturated rings. The molecule has 0 spiro atoms. The Balaban J connectivity index is -0.0000000629. The topological polar surface area (TPSA) is 959 Å². The molecule has 0 saturated carbocycles. The summed E-state index contributed by atoms with van der Waals surface area (Å²) in [5.41, 5.74) is 8.93. The minimum Gasteiger partial charge on any atom is -0.872 e. The minimum atomic E-state index is -1.57. The van der Waals surface area contributed by atoms with Gasteiger partial charge in [-0.05, 0) is 55.6 Å². The van der Waals surface area contributed by atoms with Crippen molar-refractivity contribution in [3.8, 4) is 34.5 Å². The summed E-state index contributed by atoms with van der Waals surface area (Å²) in [6, 6.07) is 23.8. The van der Waals surface area contributed by atoms with Gasteiger partial charge in [0.25, 0.3) is 0 Å². The molecule has 48 heteroatoms. The predicted octanol–water partition coefficient (Wildman–Crippen LogP) is -17.7. The average molecular weight is 2000 g/mol. The van der Waals surface area contributed by atoms with Crippen molar-refractivity contribution in [2.24, 2.45) is 31.4 Å². The number of carbonyl (C=O) groups excluding carboxylic acids is 8. The summed E-state index contributed by atoms with van der Waals surface area (Å²) in [5, 5.41) is 134. The first-order valence-corrected chi connectivity index (χ1v) is 25.9. The largest absolute Gasteiger partial charge is 3.00 e. The molecule has 108 heavy (non-hydrogen) atoms. The van der Waals surface area contributed by atoms with Gasteiger partial charge in [-0.1, -0.05) is 144 Å². The van der Waals surface area contributed by atoms with Crippen molar-refractivity contribution in [2.45, 2.75) is 0 Å². The molecule has 0 heterocycles. The number of aromatic carboxylic acids is 6. The number of hydrogen-bond donors (Lipinski definition) is 2. The number of hydrogen-bond acceptors (Lipinski definition) is 30. The van der Waals surface area contributed by atoms with Gasteiger partial charge >= 0.3 is 146 Å². The summed E-state index contributed by atoms with van der Waals surface area (Å²) in [5.74, 6) is -13.5. The molecule has 30 N–H and O–H groups in total. The molecular formula is C60H78Gd2N8Ni4O34. The van der Waals surface area contributed by atoms with Gasteiger partial charge in [0.1, 0.15) is 12.6 Å². The van der Waals surface area contributed by atoms with Gasteiger partial charge in [-0.15, -0.1) is 0 Å². The molecule has 0 amide bonds. The molecule has 0 aliphatic heterocycles. The summed E-state index contributed by atoms with van der Waals surface area (Å²) in [6.07, 6.45) is 5.94. The van der Waals surface area contributed by atoms with Gasteiger partial charge in [-0.3, -0.25) is 39.4 Å². The number of aliphatic imine (C=N–C) groups is 4. The van der Waals surface area contributed by atoms with E-state index in [0.29, 0.717) is 91.1 Å². The zero-order valence-electron chi connectivity index (χ0n) is 55.2. The molecule has 0 bridgehead atoms. The van der Waals surface area contributed by atoms with Crippen molar-refractivity contribution in [3.63, 3.8) is 0 Å². The van der Waals surface area contributed by atoms with Crippen molar-refractivity contribution in [1.29, 1.82) is 0 Å². The number of nitrogens with zero attached hydrogens (tertiary/aromatic N) is 6. The molecular weight excluding hydrogens is 1930 g/mol. The number of para-hydroxylation sites is 6. The second-order valence-electron chi connectivity index (χ2n) is 17.7. The van der Waals surface area contributed by atoms with E-state index >= 15 is 0 Å². The molecule has 0 aliphatic carbocycles. The first kappa shape index (κ1) is 146. The summed E-state index contributed by atoms with van der Waals surface area (Å²) >= 11 is 0. The van der Waals surface area contributed by atoms with Crippen LogP contribution in [0.3, 0.4) is 0 Å². The number of benzene rings is 6. The third kappa shape index (κ3) is 49.1. The van der Waals surface area contributed by atoms with Crippen LogP contribution in [-0.2, 0) is 66.0 Å². The first-order valence-electron chi connectivity index (χ1n) is 25.9. The maximum Gasteiger partial charge on any atom is 3.00 e. The average Bonchev–Trinajstić information content (AvgIpc) is 0.890. The molecule has 618 valence electrons. The Bertz CT molecular complexity index is 3210. The van der Waals surface area contributed by atoms with E-state index in [2.05, 4.69) is 20.0 Å². The summed E-state index contributed by atoms with van der Waals surface area (Å²) in [6.45, 7) is 5.41. The molecule has 6 rings (SSSR count). The SMILES string of the molecule is NCCN(CCN=Cc1cccc(C(=O)[O-])c1[O-])CCN=Cc1cccc(C(=O)[O-])c1[O-].NCCN(CCN=Cc1cccc(C(=O)[O-])c1[O-])CCN=Cc1cccc(C(=O)[O-])c1[O-].O.O.O.O.O.O.O.O.O.O.O.O.O=Cc1cccc(C(=O)[O-])c1[O-].O=Cc1cccc(C(=O)[O-])c1[O-].[Gd+2].[Gd+3].[Ni+2].[Ni+2].[Ni+2].[Ni+3].[OH-].[OH-]. The molecule has 0 saturated heterocycles. The molecule has 0 aliphatic rings. The molecule has 0 unspecified atom stereocenters. The van der Waals surface area contributed by atoms with E-state index in [0.717, 1.165) is 12.1 Å². The van der Waals surface area contributed by atoms with Crippen LogP contribution in [0.25, 0.3) is 0 Å². The van der Waals surface area contributed by atoms with Crippen LogP contribution in [0.2, 0.25) is 0 Å². The van der Waals surface area contributed by atoms with E-state index in [-0.39, 0.29) is 256 Å². The van der Waals surface area contributed by atoms with E-state index in [9.17, 15) is 99.6 Å². The van der Waals surface area contributed by atoms with Crippen molar-refractivity contribution in [1.82, 2.24) is 9.80 Å². The molecule has 42 nitrogen and oxygen atoms in total. The van der Waals surface area contributed by atoms with E-state index in [1.165, 1.54) is 122 Å². The van der Waals surface area contributed by atoms with Crippen LogP contribution in [0, 0.1) is 79.9 Å². The van der Waals surface area contributed by atoms with Gasteiger partial charge in [0.2, 0.25) is 0 Å². The van der Waals surface area contributed by atoms with Crippen LogP contribution in [0.4, 0.5) is 0 Å². The number of carboxylic acids is 6. The van der Waals surface area contributed by atoms with Crippen LogP contribution >= 0.6 is 0 Å². The van der Waals surface area contributed by atoms with Crippen LogP contribution < -0.4 is 72.7 Å². The molecule has 2 radical (unpaired) electrons. The molecule has 6 aromatic carbocycles. The Morgan fingerprint density at radius 2 is 0.463 bits per heavy atom. The number of rotatable bonds is 28. The standard InChI is InChI=1S/2C22H26N4O6.2C8H6O4.2Gd.4Ni.14H2O/c2*23-7-10-26(11-8-24-13-15-3-1-5-17(19(15)27)21(29)30)12-9-25-14-16-4-2-6-18(20(16)28)22(31)32;2*9-4-5-2-1-3-6(7(5)10)8(11)12;;;;;;;;;;;;;;;;;;;;/h2*1-6,13-14,27-28H,7-12,23H2,(H,29,30)(H,31,32);2*1-4,10H,(H,11,12);;;;;;;14*1H2/q;;;;+2;+3;3*+2;+3;;;;;;;;;;;;;;/p-14. The second kappa shape index (κ2) is 79.4. The molecule has 0 atom stereocenters. The predicted molar refractivity (Wildman–Crippen MR) is 340 cm³/mol. The van der Waals surface area contributed by atoms with Gasteiger partial charge < -0.3 is 178 Å². The van der Waals surface area contributed by atoms with Gasteiger partial charge in [0, 0.05) is 88.3 Å². The summed E-state index contributed by atoms with van der Waals surface area (Å²) in [7, 11) is 0. The molecule has 0 aromatic heterocycles. The number of aldehydes is 2. The quantitative estimate of drug-likeness (QED) is 0.0262. The molecule has 6 aromatic rings. The summed E-state index contributed by atoms with van der Waals surface area (Å²) in [4.78, 5) is 105. The fourth-order valence-electron chi connectivity index (χ4n) is 7.37. The van der Waals surface area contributed by atoms with Crippen molar-refractivity contribution >= 4 is 73.2 Å². The van der Waals surface area contributed by atoms with Crippen LogP contribution in [0.5, 0.6) is 34.5 Å². The van der Waals surface area contributed by atoms with Gasteiger partial charge in [0.05, 0.1) is 62.0 Å². The monoisotopic (exact) mass is 2000 g/mol. The normalized spacial score (nSPS) is 8.93. The Labute approximate surface area is 718 Å². The maximum atomic E-state index is 12.0. The smallest absolute Gasteiger partial charge is 0.872 e. The zero-order valence-corrected chi connectivity index (χ0v) is 63.7. The number of carbonyl (C=O) groups is 8.